The molecule has 55 heavy (non-hydrogen) atoms. The molecule has 2 heterocycles. The maximum atomic E-state index is 14.5. The second-order valence-electron chi connectivity index (χ2n) is 17.1. The molecule has 0 saturated carbocycles. The quantitative estimate of drug-likeness (QED) is 0.114. The van der Waals surface area contributed by atoms with Gasteiger partial charge in [-0.3, -0.25) is 20.0 Å². The van der Waals surface area contributed by atoms with Crippen LogP contribution in [0.4, 0.5) is 9.59 Å². The third-order valence-electron chi connectivity index (χ3n) is 10.3. The number of fused-ring (bicyclic) bond motifs is 1. The number of aromatic nitrogens is 1. The molecule has 0 spiro atoms. The molecule has 13 heteroatoms. The zero-order valence-electron chi connectivity index (χ0n) is 33.7. The van der Waals surface area contributed by atoms with Crippen LogP contribution in [0.1, 0.15) is 79.4 Å². The monoisotopic (exact) mass is 759 g/mol. The molecule has 5 N–H and O–H groups in total. The van der Waals surface area contributed by atoms with Crippen LogP contribution in [0.25, 0.3) is 10.9 Å². The molecule has 1 aliphatic heterocycles. The highest BCUT2D eigenvalue weighted by molar-refractivity contribution is 5.89. The fraction of sp³-hybridized carbons (Fsp3) is 0.548. The van der Waals surface area contributed by atoms with Gasteiger partial charge in [-0.05, 0) is 52.8 Å². The number of hydrogen-bond donors (Lipinski definition) is 5. The number of hydrazine groups is 1. The van der Waals surface area contributed by atoms with Crippen molar-refractivity contribution >= 4 is 34.8 Å². The molecule has 13 nitrogen and oxygen atoms in total. The number of urea groups is 1. The number of rotatable bonds is 17. The van der Waals surface area contributed by atoms with E-state index in [4.69, 9.17) is 0 Å². The summed E-state index contributed by atoms with van der Waals surface area (Å²) in [5, 5.41) is 29.5. The number of nitrogens with one attached hydrogen (secondary N) is 3. The van der Waals surface area contributed by atoms with Gasteiger partial charge < -0.3 is 30.6 Å². The van der Waals surface area contributed by atoms with Crippen molar-refractivity contribution in [1.29, 1.82) is 0 Å². The smallest absolute Gasteiger partial charge is 0.405 e. The molecule has 0 unspecified atom stereocenters. The molecule has 0 bridgehead atoms. The molecule has 4 rings (SSSR count). The van der Waals surface area contributed by atoms with E-state index in [0.29, 0.717) is 45.4 Å². The molecule has 3 aromatic rings. The summed E-state index contributed by atoms with van der Waals surface area (Å²) in [7, 11) is 0. The molecule has 2 aromatic carbocycles. The molecule has 1 saturated heterocycles. The number of hydrogen-bond acceptors (Lipinski definition) is 7. The molecule has 5 atom stereocenters. The lowest BCUT2D eigenvalue weighted by atomic mass is 9.86. The predicted octanol–water partition coefficient (Wildman–Crippen LogP) is 5.43. The number of carbonyl (C=O) groups excluding carboxylic acids is 3. The summed E-state index contributed by atoms with van der Waals surface area (Å²) in [5.41, 5.74) is 4.75. The van der Waals surface area contributed by atoms with Gasteiger partial charge in [-0.25, -0.2) is 14.6 Å². The van der Waals surface area contributed by atoms with Crippen LogP contribution in [-0.4, -0.2) is 104 Å². The van der Waals surface area contributed by atoms with E-state index in [1.54, 1.807) is 41.8 Å². The molecule has 300 valence electrons. The number of benzene rings is 2. The van der Waals surface area contributed by atoms with Crippen LogP contribution in [0.2, 0.25) is 0 Å². The van der Waals surface area contributed by atoms with Crippen molar-refractivity contribution in [3.8, 4) is 0 Å². The summed E-state index contributed by atoms with van der Waals surface area (Å²) in [5.74, 6) is -1.09. The Balaban J connectivity index is 1.58. The SMILES string of the molecule is CC[C@H](C)[C@@H](C(=O)N[C@@H](Cc1ccccc1)[C@@H](O)CN(CCC(C)(C)C)NC(=O)[C@@H](NC(=O)O)C(C)(C)C)N1CCN(Cc2ccnc3ccccc23)C1=O. The minimum Gasteiger partial charge on any atom is -0.465 e. The van der Waals surface area contributed by atoms with Crippen molar-refractivity contribution < 1.29 is 29.4 Å². The zero-order chi connectivity index (χ0) is 40.5. The van der Waals surface area contributed by atoms with Crippen molar-refractivity contribution in [3.05, 3.63) is 78.0 Å². The van der Waals surface area contributed by atoms with E-state index >= 15 is 0 Å². The van der Waals surface area contributed by atoms with Crippen molar-refractivity contribution in [2.45, 2.75) is 105 Å². The topological polar surface area (TPSA) is 167 Å². The second kappa shape index (κ2) is 18.7. The van der Waals surface area contributed by atoms with Crippen LogP contribution in [0.3, 0.4) is 0 Å². The average Bonchev–Trinajstić information content (AvgIpc) is 3.47. The number of aliphatic hydroxyl groups is 1. The third kappa shape index (κ3) is 12.1. The van der Waals surface area contributed by atoms with Crippen LogP contribution >= 0.6 is 0 Å². The molecule has 1 aromatic heterocycles. The Bertz CT molecular complexity index is 1750. The van der Waals surface area contributed by atoms with Crippen LogP contribution in [0, 0.1) is 16.7 Å². The second-order valence-corrected chi connectivity index (χ2v) is 17.1. The van der Waals surface area contributed by atoms with Gasteiger partial charge in [0.05, 0.1) is 17.7 Å². The van der Waals surface area contributed by atoms with Gasteiger partial charge in [0.2, 0.25) is 5.91 Å². The largest absolute Gasteiger partial charge is 0.465 e. The Hall–Kier alpha value is -4.75. The Morgan fingerprint density at radius 2 is 1.60 bits per heavy atom. The predicted molar refractivity (Wildman–Crippen MR) is 214 cm³/mol. The normalized spacial score (nSPS) is 16.4. The number of para-hydroxylation sites is 1. The van der Waals surface area contributed by atoms with E-state index in [1.807, 2.05) is 74.5 Å². The number of aliphatic hydroxyl groups excluding tert-OH is 1. The minimum atomic E-state index is -1.32. The summed E-state index contributed by atoms with van der Waals surface area (Å²) in [4.78, 5) is 61.6. The number of carboxylic acid groups (broad SMARTS) is 1. The highest BCUT2D eigenvalue weighted by atomic mass is 16.4. The van der Waals surface area contributed by atoms with Crippen LogP contribution < -0.4 is 16.1 Å². The highest BCUT2D eigenvalue weighted by Gasteiger charge is 2.41. The molecule has 0 aliphatic carbocycles. The highest BCUT2D eigenvalue weighted by Crippen LogP contribution is 2.26. The number of carbonyl (C=O) groups is 4. The molecule has 1 fully saturated rings. The summed E-state index contributed by atoms with van der Waals surface area (Å²) < 4.78 is 0. The van der Waals surface area contributed by atoms with E-state index in [1.165, 1.54) is 0 Å². The zero-order valence-corrected chi connectivity index (χ0v) is 33.7. The fourth-order valence-corrected chi connectivity index (χ4v) is 6.89. The maximum Gasteiger partial charge on any atom is 0.405 e. The van der Waals surface area contributed by atoms with Crippen molar-refractivity contribution in [1.82, 2.24) is 35.9 Å². The first kappa shape index (κ1) is 43.0. The van der Waals surface area contributed by atoms with Crippen LogP contribution in [0.5, 0.6) is 0 Å². The van der Waals surface area contributed by atoms with Gasteiger partial charge in [-0.2, -0.15) is 0 Å². The minimum absolute atomic E-state index is 0.0478. The van der Waals surface area contributed by atoms with Gasteiger partial charge in [-0.15, -0.1) is 0 Å². The van der Waals surface area contributed by atoms with E-state index in [-0.39, 0.29) is 29.8 Å². The van der Waals surface area contributed by atoms with Crippen molar-refractivity contribution in [2.24, 2.45) is 16.7 Å². The first-order valence-electron chi connectivity index (χ1n) is 19.3. The summed E-state index contributed by atoms with van der Waals surface area (Å²) in [6.07, 6.45) is 0.865. The third-order valence-corrected chi connectivity index (χ3v) is 10.3. The molecular formula is C42H61N7O6. The van der Waals surface area contributed by atoms with E-state index in [0.717, 1.165) is 22.0 Å². The number of nitrogens with zero attached hydrogens (tertiary/aromatic N) is 4. The average molecular weight is 760 g/mol. The standard InChI is InChI=1S/C42H61N7O6/c1-9-28(2)35(49-24-23-47(40(49)55)26-30-19-21-43-32-18-14-13-17-31(30)32)37(51)44-33(25-29-15-11-10-12-16-29)34(50)27-48(22-20-41(3,4)5)46-38(52)36(42(6,7)8)45-39(53)54/h10-19,21,28,33-36,45,50H,9,20,22-27H2,1-8H3,(H,44,51)(H,46,52)(H,53,54)/t28-,33-,34-,35-,36+/m0/s1. The number of pyridine rings is 1. The summed E-state index contributed by atoms with van der Waals surface area (Å²) in [6, 6.07) is 16.4. The lowest BCUT2D eigenvalue weighted by Crippen LogP contribution is -2.60. The maximum absolute atomic E-state index is 14.5. The lowest BCUT2D eigenvalue weighted by molar-refractivity contribution is -0.132. The van der Waals surface area contributed by atoms with E-state index in [9.17, 15) is 29.4 Å². The first-order valence-corrected chi connectivity index (χ1v) is 19.3. The molecule has 1 aliphatic rings. The summed E-state index contributed by atoms with van der Waals surface area (Å²) in [6.45, 7) is 17.0. The Kier molecular flexibility index (Phi) is 14.6. The van der Waals surface area contributed by atoms with E-state index < -0.39 is 41.6 Å². The van der Waals surface area contributed by atoms with Gasteiger partial charge >= 0.3 is 12.1 Å². The van der Waals surface area contributed by atoms with Crippen molar-refractivity contribution in [2.75, 3.05) is 26.2 Å². The van der Waals surface area contributed by atoms with E-state index in [2.05, 4.69) is 41.8 Å². The number of amides is 5. The Morgan fingerprint density at radius 3 is 2.24 bits per heavy atom. The summed E-state index contributed by atoms with van der Waals surface area (Å²) >= 11 is 0. The molecular weight excluding hydrogens is 699 g/mol. The van der Waals surface area contributed by atoms with Gasteiger partial charge in [0.1, 0.15) is 12.1 Å². The fourth-order valence-electron chi connectivity index (χ4n) is 6.89. The van der Waals surface area contributed by atoms with Crippen molar-refractivity contribution in [3.63, 3.8) is 0 Å². The Labute approximate surface area is 325 Å². The molecule has 5 amide bonds. The first-order chi connectivity index (χ1) is 25.9. The van der Waals surface area contributed by atoms with Crippen LogP contribution in [-0.2, 0) is 22.6 Å². The van der Waals surface area contributed by atoms with Gasteiger partial charge in [0.25, 0.3) is 5.91 Å². The van der Waals surface area contributed by atoms with Gasteiger partial charge in [0, 0.05) is 44.3 Å². The lowest BCUT2D eigenvalue weighted by Gasteiger charge is -2.36. The molecule has 0 radical (unpaired) electrons. The van der Waals surface area contributed by atoms with Gasteiger partial charge in [-0.1, -0.05) is 110 Å². The van der Waals surface area contributed by atoms with Crippen LogP contribution in [0.15, 0.2) is 66.9 Å². The van der Waals surface area contributed by atoms with Gasteiger partial charge in [0.15, 0.2) is 0 Å². The Morgan fingerprint density at radius 1 is 0.927 bits per heavy atom.